The Morgan fingerprint density at radius 2 is 1.19 bits per heavy atom. The third kappa shape index (κ3) is 5.57. The van der Waals surface area contributed by atoms with Crippen molar-refractivity contribution in [3.8, 4) is 27.9 Å². The van der Waals surface area contributed by atoms with Gasteiger partial charge in [-0.2, -0.15) is 0 Å². The smallest absolute Gasteiger partial charge is 0.0677 e. The fourth-order valence-electron chi connectivity index (χ4n) is 11.3. The lowest BCUT2D eigenvalue weighted by molar-refractivity contribution is 0.693. The zero-order valence-electron chi connectivity index (χ0n) is 35.4. The van der Waals surface area contributed by atoms with Gasteiger partial charge in [-0.15, -0.1) is 11.3 Å². The molecule has 2 nitrogen and oxygen atoms in total. The van der Waals surface area contributed by atoms with Gasteiger partial charge in [-0.05, 0) is 142 Å². The second-order valence-electron chi connectivity index (χ2n) is 17.4. The number of thiophene rings is 1. The highest BCUT2D eigenvalue weighted by atomic mass is 32.1. The Labute approximate surface area is 378 Å². The summed E-state index contributed by atoms with van der Waals surface area (Å²) in [7, 11) is 0. The minimum Gasteiger partial charge on any atom is -0.310 e. The monoisotopic (exact) mass is 836 g/mol. The van der Waals surface area contributed by atoms with E-state index in [-0.39, 0.29) is 0 Å². The van der Waals surface area contributed by atoms with Gasteiger partial charge in [0.2, 0.25) is 0 Å². The van der Waals surface area contributed by atoms with Crippen molar-refractivity contribution in [3.05, 3.63) is 245 Å². The number of nitrogens with zero attached hydrogens (tertiary/aromatic N) is 2. The molecular weight excluding hydrogens is 793 g/mol. The fourth-order valence-corrected chi connectivity index (χ4v) is 12.6. The predicted octanol–water partition coefficient (Wildman–Crippen LogP) is 16.7. The first-order valence-corrected chi connectivity index (χ1v) is 23.4. The summed E-state index contributed by atoms with van der Waals surface area (Å²) < 4.78 is 3.84. The van der Waals surface area contributed by atoms with Crippen LogP contribution in [0.1, 0.15) is 46.4 Å². The molecule has 0 amide bonds. The average molecular weight is 837 g/mol. The molecule has 0 bridgehead atoms. The number of hydrogen-bond acceptors (Lipinski definition) is 2. The van der Waals surface area contributed by atoms with Crippen LogP contribution >= 0.6 is 11.3 Å². The molecule has 0 N–H and O–H groups in total. The lowest BCUT2D eigenvalue weighted by Gasteiger charge is -2.37. The van der Waals surface area contributed by atoms with Gasteiger partial charge in [0.1, 0.15) is 0 Å². The molecule has 3 aliphatic rings. The first-order valence-electron chi connectivity index (χ1n) is 22.6. The van der Waals surface area contributed by atoms with E-state index < -0.39 is 5.41 Å². The SMILES string of the molecule is C1=CCCC(C2(c3ccccc3)c3ccccc3-c3ccc(N(c4ccc(-c5ccccc5)cc4)c4ccc5c(c4)c4c6sc7c(c6ccc4n5-c4ccccc4)CCC=C7)cc32)=C1. The third-order valence-corrected chi connectivity index (χ3v) is 15.3. The van der Waals surface area contributed by atoms with Crippen LogP contribution in [0.15, 0.2) is 218 Å². The average Bonchev–Trinajstić information content (AvgIpc) is 4.01. The molecular formula is C61H44N2S. The predicted molar refractivity (Wildman–Crippen MR) is 272 cm³/mol. The quantitative estimate of drug-likeness (QED) is 0.155. The second kappa shape index (κ2) is 14.8. The summed E-state index contributed by atoms with van der Waals surface area (Å²) in [5.74, 6) is 0. The van der Waals surface area contributed by atoms with E-state index in [1.54, 1.807) is 0 Å². The molecule has 0 radical (unpaired) electrons. The van der Waals surface area contributed by atoms with Gasteiger partial charge in [0, 0.05) is 43.1 Å². The summed E-state index contributed by atoms with van der Waals surface area (Å²) in [6.07, 6.45) is 15.9. The van der Waals surface area contributed by atoms with Gasteiger partial charge < -0.3 is 9.47 Å². The summed E-state index contributed by atoms with van der Waals surface area (Å²) in [4.78, 5) is 3.89. The molecule has 13 rings (SSSR count). The molecule has 0 saturated heterocycles. The van der Waals surface area contributed by atoms with Crippen molar-refractivity contribution in [2.24, 2.45) is 0 Å². The molecule has 3 heteroatoms. The second-order valence-corrected chi connectivity index (χ2v) is 18.4. The summed E-state index contributed by atoms with van der Waals surface area (Å²) in [5, 5.41) is 3.99. The largest absolute Gasteiger partial charge is 0.310 e. The summed E-state index contributed by atoms with van der Waals surface area (Å²) in [5.41, 5.74) is 18.6. The molecule has 0 fully saturated rings. The van der Waals surface area contributed by atoms with E-state index in [1.807, 2.05) is 11.3 Å². The summed E-state index contributed by atoms with van der Waals surface area (Å²) >= 11 is 1.95. The van der Waals surface area contributed by atoms with E-state index in [1.165, 1.54) is 92.5 Å². The number of allylic oxidation sites excluding steroid dienone is 5. The van der Waals surface area contributed by atoms with Crippen LogP contribution in [0.5, 0.6) is 0 Å². The Kier molecular flexibility index (Phi) is 8.60. The van der Waals surface area contributed by atoms with Gasteiger partial charge in [0.15, 0.2) is 0 Å². The lowest BCUT2D eigenvalue weighted by Crippen LogP contribution is -2.30. The van der Waals surface area contributed by atoms with Crippen LogP contribution < -0.4 is 4.90 Å². The first kappa shape index (κ1) is 37.1. The molecule has 10 aromatic rings. The van der Waals surface area contributed by atoms with Crippen LogP contribution in [0.2, 0.25) is 0 Å². The Bertz CT molecular complexity index is 3530. The van der Waals surface area contributed by atoms with Gasteiger partial charge >= 0.3 is 0 Å². The molecule has 64 heavy (non-hydrogen) atoms. The number of aryl methyl sites for hydroxylation is 1. The van der Waals surface area contributed by atoms with E-state index in [4.69, 9.17) is 0 Å². The number of fused-ring (bicyclic) bond motifs is 10. The molecule has 0 saturated carbocycles. The normalized spacial score (nSPS) is 16.2. The molecule has 1 unspecified atom stereocenters. The minimum atomic E-state index is -0.428. The minimum absolute atomic E-state index is 0.428. The standard InChI is InChI=1S/C61H44N2S/c1-5-17-41(18-6-1)42-29-31-46(32-30-42)62(48-33-35-50-49-25-13-15-27-54(49)61(55(50)40-48,43-19-7-2-8-20-43)44-21-9-3-10-22-44)47-34-37-56-53(39-47)59-57(63(56)45-23-11-4-12-24-45)38-36-52-51-26-14-16-28-58(51)64-60(52)59/h1-9,11-13,15-21,23-25,27-40H,10,14,22,26H2. The first-order chi connectivity index (χ1) is 31.8. The van der Waals surface area contributed by atoms with Crippen molar-refractivity contribution < 1.29 is 0 Å². The van der Waals surface area contributed by atoms with Gasteiger partial charge in [0.25, 0.3) is 0 Å². The molecule has 304 valence electrons. The number of aromatic nitrogens is 1. The van der Waals surface area contributed by atoms with Crippen LogP contribution in [0.25, 0.3) is 65.9 Å². The number of anilines is 3. The van der Waals surface area contributed by atoms with E-state index in [9.17, 15) is 0 Å². The maximum Gasteiger partial charge on any atom is 0.0677 e. The van der Waals surface area contributed by atoms with Crippen molar-refractivity contribution in [2.45, 2.75) is 31.1 Å². The Balaban J connectivity index is 1.08. The van der Waals surface area contributed by atoms with Gasteiger partial charge in [-0.25, -0.2) is 0 Å². The van der Waals surface area contributed by atoms with Crippen molar-refractivity contribution >= 4 is 66.4 Å². The summed E-state index contributed by atoms with van der Waals surface area (Å²) in [6, 6.07) is 70.3. The van der Waals surface area contributed by atoms with Crippen molar-refractivity contribution in [3.63, 3.8) is 0 Å². The van der Waals surface area contributed by atoms with E-state index >= 15 is 0 Å². The fraction of sp³-hybridized carbons (Fsp3) is 0.0820. The Morgan fingerprint density at radius 3 is 2.00 bits per heavy atom. The van der Waals surface area contributed by atoms with Crippen LogP contribution in [0.4, 0.5) is 17.1 Å². The third-order valence-electron chi connectivity index (χ3n) is 14.0. The van der Waals surface area contributed by atoms with Gasteiger partial charge in [-0.1, -0.05) is 157 Å². The highest BCUT2D eigenvalue weighted by molar-refractivity contribution is 7.21. The van der Waals surface area contributed by atoms with Gasteiger partial charge in [0.05, 0.1) is 16.4 Å². The maximum atomic E-state index is 2.52. The Morgan fingerprint density at radius 1 is 0.516 bits per heavy atom. The zero-order valence-corrected chi connectivity index (χ0v) is 36.2. The van der Waals surface area contributed by atoms with E-state index in [0.29, 0.717) is 0 Å². The van der Waals surface area contributed by atoms with Crippen molar-refractivity contribution in [2.75, 3.05) is 4.90 Å². The zero-order chi connectivity index (χ0) is 42.2. The van der Waals surface area contributed by atoms with E-state index in [0.717, 1.165) is 42.7 Å². The molecule has 3 aliphatic carbocycles. The van der Waals surface area contributed by atoms with Crippen LogP contribution in [0, 0.1) is 0 Å². The van der Waals surface area contributed by atoms with Gasteiger partial charge in [-0.3, -0.25) is 0 Å². The Hall–Kier alpha value is -7.46. The van der Waals surface area contributed by atoms with Crippen LogP contribution in [0.3, 0.4) is 0 Å². The number of para-hydroxylation sites is 1. The molecule has 0 spiro atoms. The van der Waals surface area contributed by atoms with Crippen LogP contribution in [-0.4, -0.2) is 4.57 Å². The van der Waals surface area contributed by atoms with Crippen LogP contribution in [-0.2, 0) is 11.8 Å². The molecule has 2 aromatic heterocycles. The lowest BCUT2D eigenvalue weighted by atomic mass is 9.65. The highest BCUT2D eigenvalue weighted by Crippen LogP contribution is 2.59. The summed E-state index contributed by atoms with van der Waals surface area (Å²) in [6.45, 7) is 0. The number of rotatable bonds is 7. The molecule has 1 atom stereocenters. The molecule has 8 aromatic carbocycles. The highest BCUT2D eigenvalue weighted by Gasteiger charge is 2.47. The van der Waals surface area contributed by atoms with Crippen molar-refractivity contribution in [1.82, 2.24) is 4.57 Å². The van der Waals surface area contributed by atoms with Crippen molar-refractivity contribution in [1.29, 1.82) is 0 Å². The topological polar surface area (TPSA) is 8.17 Å². The number of hydrogen-bond donors (Lipinski definition) is 0. The molecule has 0 aliphatic heterocycles. The number of benzene rings is 8. The maximum absolute atomic E-state index is 2.52. The molecule has 2 heterocycles. The van der Waals surface area contributed by atoms with E-state index in [2.05, 4.69) is 228 Å².